The molecule has 6 aliphatic rings. The van der Waals surface area contributed by atoms with Crippen LogP contribution in [0.5, 0.6) is 0 Å². The van der Waals surface area contributed by atoms with E-state index in [-0.39, 0.29) is 44.9 Å². The summed E-state index contributed by atoms with van der Waals surface area (Å²) in [5.41, 5.74) is 1.06. The van der Waals surface area contributed by atoms with Crippen molar-refractivity contribution in [1.82, 2.24) is 0 Å². The van der Waals surface area contributed by atoms with Gasteiger partial charge in [-0.2, -0.15) is 0 Å². The molecule has 236 valence electrons. The lowest BCUT2D eigenvalue weighted by Gasteiger charge is -2.72. The van der Waals surface area contributed by atoms with Gasteiger partial charge in [0.1, 0.15) is 5.82 Å². The van der Waals surface area contributed by atoms with Gasteiger partial charge in [-0.05, 0) is 109 Å². The topological polar surface area (TPSA) is 76.0 Å². The number of allylic oxidation sites excluding steroid dienone is 2. The van der Waals surface area contributed by atoms with Gasteiger partial charge in [-0.3, -0.25) is 4.79 Å². The summed E-state index contributed by atoms with van der Waals surface area (Å²) in [4.78, 5) is 12.9. The van der Waals surface area contributed by atoms with Crippen LogP contribution >= 0.6 is 0 Å². The van der Waals surface area contributed by atoms with Gasteiger partial charge < -0.3 is 19.7 Å². The monoisotopic (exact) mass is 594 g/mol. The number of carbonyl (C=O) groups is 1. The largest absolute Gasteiger partial charge is 0.481 e. The maximum Gasteiger partial charge on any atom is 0.310 e. The van der Waals surface area contributed by atoms with Gasteiger partial charge in [0.15, 0.2) is 6.29 Å². The lowest BCUT2D eigenvalue weighted by molar-refractivity contribution is -0.339. The molecular weight excluding hydrogens is 543 g/mol. The number of carboxylic acid groups (broad SMARTS) is 1. The number of fused-ring (bicyclic) bond motifs is 9. The first-order valence-electron chi connectivity index (χ1n) is 16.7. The molecule has 1 heterocycles. The molecule has 0 amide bonds. The Bertz CT molecular complexity index is 1360. The molecular formula is C37H51FO5. The quantitative estimate of drug-likeness (QED) is 0.339. The zero-order valence-electron chi connectivity index (χ0n) is 26.9. The molecule has 11 atom stereocenters. The predicted octanol–water partition coefficient (Wildman–Crippen LogP) is 8.08. The number of ether oxygens (including phenoxy) is 2. The van der Waals surface area contributed by atoms with Crippen molar-refractivity contribution in [2.75, 3.05) is 6.61 Å². The highest BCUT2D eigenvalue weighted by atomic mass is 19.1. The molecule has 5 aliphatic carbocycles. The fourth-order valence-corrected chi connectivity index (χ4v) is 12.2. The molecule has 4 unspecified atom stereocenters. The average Bonchev–Trinajstić information content (AvgIpc) is 2.92. The minimum Gasteiger partial charge on any atom is -0.481 e. The van der Waals surface area contributed by atoms with E-state index in [2.05, 4.69) is 47.6 Å². The Kier molecular flexibility index (Phi) is 6.53. The van der Waals surface area contributed by atoms with Crippen molar-refractivity contribution in [2.45, 2.75) is 118 Å². The predicted molar refractivity (Wildman–Crippen MR) is 162 cm³/mol. The molecule has 0 aromatic heterocycles. The highest BCUT2D eigenvalue weighted by Gasteiger charge is 2.71. The van der Waals surface area contributed by atoms with Gasteiger partial charge in [0.2, 0.25) is 0 Å². The lowest BCUT2D eigenvalue weighted by Crippen LogP contribution is -2.69. The summed E-state index contributed by atoms with van der Waals surface area (Å²) in [7, 11) is 0. The first-order chi connectivity index (χ1) is 20.1. The molecule has 6 heteroatoms. The highest BCUT2D eigenvalue weighted by Crippen LogP contribution is 2.76. The molecule has 2 N–H and O–H groups in total. The van der Waals surface area contributed by atoms with E-state index in [0.29, 0.717) is 30.4 Å². The van der Waals surface area contributed by atoms with Gasteiger partial charge in [-0.15, -0.1) is 0 Å². The average molecular weight is 595 g/mol. The number of halogens is 1. The van der Waals surface area contributed by atoms with E-state index in [9.17, 15) is 19.4 Å². The van der Waals surface area contributed by atoms with Crippen LogP contribution in [0.25, 0.3) is 0 Å². The second-order valence-electron chi connectivity index (χ2n) is 17.2. The molecule has 1 aromatic carbocycles. The molecule has 43 heavy (non-hydrogen) atoms. The summed E-state index contributed by atoms with van der Waals surface area (Å²) in [5.74, 6) is -0.139. The van der Waals surface area contributed by atoms with Crippen LogP contribution in [0.3, 0.4) is 0 Å². The third-order valence-corrected chi connectivity index (χ3v) is 14.7. The SMILES string of the molecule is CC1(C)CC[C@]2(C(=O)O)CC[C@]3(C)C(=CCC4[C@@]5(C)C[C@@H](O)[C@@H]6OC(c7cccc(F)c7)OC[C@@]6(C)C5CC[C@]43C)C2C1. The number of aliphatic hydroxyl groups excluding tert-OH is 1. The third-order valence-electron chi connectivity index (χ3n) is 14.7. The maximum absolute atomic E-state index is 14.0. The fraction of sp³-hybridized carbons (Fsp3) is 0.757. The van der Waals surface area contributed by atoms with E-state index < -0.39 is 23.8 Å². The van der Waals surface area contributed by atoms with E-state index in [1.54, 1.807) is 6.07 Å². The Morgan fingerprint density at radius 1 is 0.953 bits per heavy atom. The van der Waals surface area contributed by atoms with Crippen molar-refractivity contribution in [1.29, 1.82) is 0 Å². The summed E-state index contributed by atoms with van der Waals surface area (Å²) >= 11 is 0. The molecule has 0 spiro atoms. The van der Waals surface area contributed by atoms with Crippen LogP contribution in [0, 0.1) is 56.1 Å². The molecule has 1 aromatic rings. The summed E-state index contributed by atoms with van der Waals surface area (Å²) in [6.45, 7) is 14.7. The van der Waals surface area contributed by atoms with Gasteiger partial charge in [0.05, 0.1) is 24.2 Å². The Hall–Kier alpha value is -1.76. The molecule has 0 bridgehead atoms. The number of hydrogen-bond donors (Lipinski definition) is 2. The van der Waals surface area contributed by atoms with Crippen LogP contribution in [0.15, 0.2) is 35.9 Å². The maximum atomic E-state index is 14.0. The molecule has 0 radical (unpaired) electrons. The second kappa shape index (κ2) is 9.39. The van der Waals surface area contributed by atoms with E-state index in [1.165, 1.54) is 17.7 Å². The number of carboxylic acids is 1. The number of rotatable bonds is 2. The Morgan fingerprint density at radius 3 is 2.42 bits per heavy atom. The Labute approximate surface area is 256 Å². The number of benzene rings is 1. The smallest absolute Gasteiger partial charge is 0.310 e. The number of aliphatic hydroxyl groups is 1. The second-order valence-corrected chi connectivity index (χ2v) is 17.2. The van der Waals surface area contributed by atoms with Crippen LogP contribution in [-0.2, 0) is 14.3 Å². The highest BCUT2D eigenvalue weighted by molar-refractivity contribution is 5.76. The molecule has 5 nitrogen and oxygen atoms in total. The summed E-state index contributed by atoms with van der Waals surface area (Å²) < 4.78 is 26.9. The minimum atomic E-state index is -0.683. The van der Waals surface area contributed by atoms with Crippen molar-refractivity contribution in [3.63, 3.8) is 0 Å². The Balaban J connectivity index is 1.23. The van der Waals surface area contributed by atoms with Crippen molar-refractivity contribution in [3.8, 4) is 0 Å². The van der Waals surface area contributed by atoms with Crippen LogP contribution < -0.4 is 0 Å². The zero-order chi connectivity index (χ0) is 30.8. The van der Waals surface area contributed by atoms with Crippen LogP contribution in [0.1, 0.15) is 111 Å². The van der Waals surface area contributed by atoms with Gasteiger partial charge >= 0.3 is 5.97 Å². The van der Waals surface area contributed by atoms with Crippen molar-refractivity contribution >= 4 is 5.97 Å². The van der Waals surface area contributed by atoms with E-state index in [1.807, 2.05) is 6.07 Å². The summed E-state index contributed by atoms with van der Waals surface area (Å²) in [6.07, 6.45) is 8.86. The normalized spacial score (nSPS) is 50.2. The Morgan fingerprint density at radius 2 is 1.70 bits per heavy atom. The number of aliphatic carboxylic acids is 1. The van der Waals surface area contributed by atoms with Crippen molar-refractivity contribution in [2.24, 2.45) is 50.2 Å². The molecule has 7 rings (SSSR count). The summed E-state index contributed by atoms with van der Waals surface area (Å²) in [6, 6.07) is 6.38. The number of hydrogen-bond acceptors (Lipinski definition) is 4. The van der Waals surface area contributed by atoms with E-state index in [0.717, 1.165) is 51.4 Å². The van der Waals surface area contributed by atoms with Crippen LogP contribution in [0.4, 0.5) is 4.39 Å². The first kappa shape index (κ1) is 29.9. The van der Waals surface area contributed by atoms with E-state index >= 15 is 0 Å². The van der Waals surface area contributed by atoms with Crippen molar-refractivity contribution in [3.05, 3.63) is 47.3 Å². The molecule has 1 aliphatic heterocycles. The van der Waals surface area contributed by atoms with Gasteiger partial charge in [-0.1, -0.05) is 65.3 Å². The van der Waals surface area contributed by atoms with Crippen molar-refractivity contribution < 1.29 is 28.9 Å². The molecule has 5 fully saturated rings. The zero-order valence-corrected chi connectivity index (χ0v) is 26.9. The van der Waals surface area contributed by atoms with E-state index in [4.69, 9.17) is 9.47 Å². The first-order valence-corrected chi connectivity index (χ1v) is 16.7. The minimum absolute atomic E-state index is 0.0119. The van der Waals surface area contributed by atoms with Crippen LogP contribution in [0.2, 0.25) is 0 Å². The van der Waals surface area contributed by atoms with Gasteiger partial charge in [0.25, 0.3) is 0 Å². The summed E-state index contributed by atoms with van der Waals surface area (Å²) in [5, 5.41) is 22.5. The fourth-order valence-electron chi connectivity index (χ4n) is 12.2. The van der Waals surface area contributed by atoms with Crippen LogP contribution in [-0.4, -0.2) is 35.0 Å². The standard InChI is InChI=1S/C37H51FO5/c1-32(2)14-16-37(31(40)41)17-15-35(5)24(25(37)19-32)10-11-28-33(3)20-26(39)29-34(4,27(33)12-13-36(28,35)6)21-42-30(43-29)22-8-7-9-23(38)18-22/h7-10,18,25-30,39H,11-17,19-21H2,1-6H3,(H,40,41)/t25?,26-,27?,28?,29+,30?,33+,34+,35-,36-,37+/m1/s1. The third kappa shape index (κ3) is 3.94. The molecule has 4 saturated carbocycles. The lowest BCUT2D eigenvalue weighted by atomic mass is 9.33. The van der Waals surface area contributed by atoms with Gasteiger partial charge in [0, 0.05) is 11.0 Å². The molecule has 1 saturated heterocycles. The van der Waals surface area contributed by atoms with Gasteiger partial charge in [-0.25, -0.2) is 4.39 Å².